The number of hydrogen-bond acceptors (Lipinski definition) is 8. The molecule has 10 nitrogen and oxygen atoms in total. The van der Waals surface area contributed by atoms with Gasteiger partial charge in [-0.15, -0.1) is 0 Å². The molecule has 1 saturated heterocycles. The Kier molecular flexibility index (Phi) is 9.56. The maximum atomic E-state index is 12.4. The summed E-state index contributed by atoms with van der Waals surface area (Å²) in [4.78, 5) is 27.3. The van der Waals surface area contributed by atoms with Gasteiger partial charge < -0.3 is 30.7 Å². The summed E-state index contributed by atoms with van der Waals surface area (Å²) in [7, 11) is 1.63. The monoisotopic (exact) mass is 481 g/mol. The van der Waals surface area contributed by atoms with Gasteiger partial charge in [0, 0.05) is 37.8 Å². The van der Waals surface area contributed by atoms with Gasteiger partial charge in [-0.25, -0.2) is 14.8 Å². The van der Waals surface area contributed by atoms with E-state index in [1.54, 1.807) is 24.4 Å². The van der Waals surface area contributed by atoms with Crippen LogP contribution in [0.5, 0.6) is 0 Å². The molecule has 2 aromatic rings. The summed E-state index contributed by atoms with van der Waals surface area (Å²) in [5, 5.41) is 6.07. The molecule has 0 aliphatic carbocycles. The van der Waals surface area contributed by atoms with Crippen molar-refractivity contribution >= 4 is 18.2 Å². The molecule has 0 saturated carbocycles. The van der Waals surface area contributed by atoms with Gasteiger partial charge in [0.25, 0.3) is 0 Å². The Bertz CT molecular complexity index is 1050. The Hall–Kier alpha value is -3.50. The number of nitrogens with one attached hydrogen (secondary N) is 2. The van der Waals surface area contributed by atoms with E-state index in [-0.39, 0.29) is 18.2 Å². The first-order valence-electron chi connectivity index (χ1n) is 11.7. The van der Waals surface area contributed by atoms with Crippen LogP contribution in [0.2, 0.25) is 0 Å². The molecule has 0 spiro atoms. The van der Waals surface area contributed by atoms with Gasteiger partial charge in [-0.1, -0.05) is 12.1 Å². The van der Waals surface area contributed by atoms with Gasteiger partial charge in [0.1, 0.15) is 0 Å². The van der Waals surface area contributed by atoms with Crippen LogP contribution in [0.25, 0.3) is 11.3 Å². The second kappa shape index (κ2) is 12.8. The van der Waals surface area contributed by atoms with Gasteiger partial charge in [-0.05, 0) is 44.0 Å². The maximum absolute atomic E-state index is 12.4. The second-order valence-corrected chi connectivity index (χ2v) is 8.55. The Morgan fingerprint density at radius 1 is 1.34 bits per heavy atom. The molecule has 0 unspecified atom stereocenters. The maximum Gasteiger partial charge on any atom is 0.317 e. The van der Waals surface area contributed by atoms with Crippen LogP contribution in [0.1, 0.15) is 25.0 Å². The number of benzene rings is 1. The minimum atomic E-state index is -0.0712. The van der Waals surface area contributed by atoms with Crippen LogP contribution in [0, 0.1) is 6.92 Å². The highest BCUT2D eigenvalue weighted by molar-refractivity contribution is 5.82. The van der Waals surface area contributed by atoms with Crippen LogP contribution in [-0.4, -0.2) is 72.7 Å². The van der Waals surface area contributed by atoms with Crippen molar-refractivity contribution in [3.05, 3.63) is 53.5 Å². The highest BCUT2D eigenvalue weighted by Crippen LogP contribution is 2.22. The number of ether oxygens (including phenoxy) is 2. The molecule has 0 bridgehead atoms. The number of allylic oxidation sites excluding steroid dienone is 1. The molecule has 1 fully saturated rings. The van der Waals surface area contributed by atoms with Crippen molar-refractivity contribution in [2.24, 2.45) is 10.7 Å². The number of amides is 2. The molecule has 1 aliphatic heterocycles. The average molecular weight is 482 g/mol. The number of methoxy groups -OCH3 is 1. The van der Waals surface area contributed by atoms with Crippen molar-refractivity contribution in [1.29, 1.82) is 0 Å². The van der Waals surface area contributed by atoms with Crippen LogP contribution in [-0.2, 0) is 16.0 Å². The van der Waals surface area contributed by atoms with Crippen molar-refractivity contribution in [2.75, 3.05) is 38.7 Å². The number of aliphatic imine (C=N–C) groups is 1. The molecule has 3 rings (SSSR count). The van der Waals surface area contributed by atoms with E-state index < -0.39 is 0 Å². The normalized spacial score (nSPS) is 14.4. The summed E-state index contributed by atoms with van der Waals surface area (Å²) >= 11 is 0. The molecule has 188 valence electrons. The Balaban J connectivity index is 1.57. The summed E-state index contributed by atoms with van der Waals surface area (Å²) in [5.74, 6) is 0.417. The summed E-state index contributed by atoms with van der Waals surface area (Å²) in [5.41, 5.74) is 10.1. The fourth-order valence-corrected chi connectivity index (χ4v) is 3.54. The van der Waals surface area contributed by atoms with Crippen molar-refractivity contribution in [3.63, 3.8) is 0 Å². The van der Waals surface area contributed by atoms with E-state index in [4.69, 9.17) is 15.2 Å². The molecule has 1 aliphatic rings. The number of carbonyl (C=O) groups excluding carboxylic acids is 1. The molecule has 1 aromatic carbocycles. The number of aryl methyl sites for hydroxylation is 1. The third kappa shape index (κ3) is 7.76. The fraction of sp³-hybridized carbons (Fsp3) is 0.440. The first kappa shape index (κ1) is 26.1. The zero-order valence-electron chi connectivity index (χ0n) is 20.8. The predicted molar refractivity (Wildman–Crippen MR) is 137 cm³/mol. The lowest BCUT2D eigenvalue weighted by Crippen LogP contribution is -2.58. The SMILES string of the molecule is COCCN=CC(=CN)Nc1nccc(-c2ccc(CNC(=O)N3CC(OC(C)C)C3)c(C)c2)n1. The summed E-state index contributed by atoms with van der Waals surface area (Å²) in [6.07, 6.45) is 5.03. The Morgan fingerprint density at radius 2 is 2.14 bits per heavy atom. The molecule has 35 heavy (non-hydrogen) atoms. The van der Waals surface area contributed by atoms with Crippen molar-refractivity contribution in [3.8, 4) is 11.3 Å². The molecular formula is C25H35N7O3. The van der Waals surface area contributed by atoms with E-state index in [0.717, 1.165) is 22.4 Å². The highest BCUT2D eigenvalue weighted by Gasteiger charge is 2.31. The number of anilines is 1. The lowest BCUT2D eigenvalue weighted by Gasteiger charge is -2.39. The quantitative estimate of drug-likeness (QED) is 0.333. The summed E-state index contributed by atoms with van der Waals surface area (Å²) in [6, 6.07) is 7.82. The molecule has 0 atom stereocenters. The third-order valence-corrected chi connectivity index (χ3v) is 5.41. The molecular weight excluding hydrogens is 446 g/mol. The topological polar surface area (TPSA) is 127 Å². The lowest BCUT2D eigenvalue weighted by molar-refractivity contribution is -0.0641. The number of carbonyl (C=O) groups is 1. The van der Waals surface area contributed by atoms with Crippen molar-refractivity contribution in [2.45, 2.75) is 39.5 Å². The van der Waals surface area contributed by atoms with Gasteiger partial charge in [0.05, 0.1) is 49.8 Å². The number of likely N-dealkylation sites (tertiary alicyclic amines) is 1. The molecule has 4 N–H and O–H groups in total. The van der Waals surface area contributed by atoms with Gasteiger partial charge in [0.15, 0.2) is 0 Å². The van der Waals surface area contributed by atoms with Gasteiger partial charge in [-0.3, -0.25) is 4.99 Å². The standard InChI is InChI=1S/C25H35N7O3/c1-17(2)35-22-15-32(16-22)25(33)29-13-20-6-5-19(11-18(20)3)23-7-8-28-24(31-23)30-21(12-26)14-27-9-10-34-4/h5-8,11-12,14,17,22H,9-10,13,15-16,26H2,1-4H3,(H,29,33)(H,28,30,31). The first-order chi connectivity index (χ1) is 16.9. The van der Waals surface area contributed by atoms with Crippen LogP contribution >= 0.6 is 0 Å². The molecule has 10 heteroatoms. The van der Waals surface area contributed by atoms with Crippen LogP contribution < -0.4 is 16.4 Å². The van der Waals surface area contributed by atoms with E-state index in [0.29, 0.717) is 44.4 Å². The van der Waals surface area contributed by atoms with Gasteiger partial charge >= 0.3 is 6.03 Å². The summed E-state index contributed by atoms with van der Waals surface area (Å²) < 4.78 is 10.7. The van der Waals surface area contributed by atoms with Gasteiger partial charge in [0.2, 0.25) is 5.95 Å². The van der Waals surface area contributed by atoms with Crippen LogP contribution in [0.4, 0.5) is 10.7 Å². The predicted octanol–water partition coefficient (Wildman–Crippen LogP) is 2.70. The highest BCUT2D eigenvalue weighted by atomic mass is 16.5. The van der Waals surface area contributed by atoms with E-state index in [1.165, 1.54) is 6.20 Å². The minimum absolute atomic E-state index is 0.0712. The minimum Gasteiger partial charge on any atom is -0.403 e. The fourth-order valence-electron chi connectivity index (χ4n) is 3.54. The van der Waals surface area contributed by atoms with Crippen LogP contribution in [0.3, 0.4) is 0 Å². The molecule has 1 aromatic heterocycles. The van der Waals surface area contributed by atoms with E-state index in [9.17, 15) is 4.79 Å². The first-order valence-corrected chi connectivity index (χ1v) is 11.7. The number of aromatic nitrogens is 2. The van der Waals surface area contributed by atoms with E-state index >= 15 is 0 Å². The zero-order valence-corrected chi connectivity index (χ0v) is 20.8. The molecule has 2 heterocycles. The van der Waals surface area contributed by atoms with E-state index in [1.807, 2.05) is 39.0 Å². The smallest absolute Gasteiger partial charge is 0.317 e. The molecule has 0 radical (unpaired) electrons. The van der Waals surface area contributed by atoms with Crippen molar-refractivity contribution < 1.29 is 14.3 Å². The summed E-state index contributed by atoms with van der Waals surface area (Å²) in [6.45, 7) is 8.82. The Labute approximate surface area is 206 Å². The number of hydrogen-bond donors (Lipinski definition) is 3. The van der Waals surface area contributed by atoms with Crippen LogP contribution in [0.15, 0.2) is 47.4 Å². The number of rotatable bonds is 11. The lowest BCUT2D eigenvalue weighted by atomic mass is 10.0. The largest absolute Gasteiger partial charge is 0.403 e. The number of urea groups is 1. The molecule has 2 amide bonds. The second-order valence-electron chi connectivity index (χ2n) is 8.55. The average Bonchev–Trinajstić information content (AvgIpc) is 2.82. The van der Waals surface area contributed by atoms with E-state index in [2.05, 4.69) is 31.7 Å². The number of nitrogens with zero attached hydrogens (tertiary/aromatic N) is 4. The Morgan fingerprint density at radius 3 is 2.83 bits per heavy atom. The van der Waals surface area contributed by atoms with Crippen molar-refractivity contribution in [1.82, 2.24) is 20.2 Å². The zero-order chi connectivity index (χ0) is 25.2. The third-order valence-electron chi connectivity index (χ3n) is 5.41. The van der Waals surface area contributed by atoms with Gasteiger partial charge in [-0.2, -0.15) is 0 Å². The number of nitrogens with two attached hydrogens (primary N) is 1.